The van der Waals surface area contributed by atoms with Crippen molar-refractivity contribution in [2.24, 2.45) is 0 Å². The summed E-state index contributed by atoms with van der Waals surface area (Å²) in [6.07, 6.45) is 0. The standard InChI is InChI=1S/C67H42B2N2O/c72-67-53-29-16-17-32-55(53)68-56-39-48(43-19-6-1-7-20-43)33-36-59(56)70-60-37-34-49(44-21-8-2-9-22-44)40-57(60)69-58-41-50(45-23-10-3-11-24-45)35-38-61(58)71(62-42-54(67)63(68)66(70)64(62)69)65-51(46-25-12-4-13-26-46)30-18-31-52(65)47-27-14-5-15-28-47/h1-42H. The van der Waals surface area contributed by atoms with Gasteiger partial charge < -0.3 is 9.80 Å². The van der Waals surface area contributed by atoms with Gasteiger partial charge in [0.1, 0.15) is 0 Å². The first kappa shape index (κ1) is 40.7. The molecule has 5 heteroatoms. The van der Waals surface area contributed by atoms with Gasteiger partial charge in [0.05, 0.1) is 5.69 Å². The first-order valence-electron chi connectivity index (χ1n) is 24.9. The highest BCUT2D eigenvalue weighted by atomic mass is 16.1. The molecule has 0 fully saturated rings. The number of fused-ring (bicyclic) bond motifs is 10. The summed E-state index contributed by atoms with van der Waals surface area (Å²) in [5.41, 5.74) is 26.5. The summed E-state index contributed by atoms with van der Waals surface area (Å²) in [6, 6.07) is 92.4. The second-order valence-corrected chi connectivity index (χ2v) is 19.4. The molecule has 4 heterocycles. The van der Waals surface area contributed by atoms with E-state index < -0.39 is 0 Å². The molecule has 72 heavy (non-hydrogen) atoms. The Labute approximate surface area is 420 Å². The molecule has 332 valence electrons. The van der Waals surface area contributed by atoms with E-state index in [9.17, 15) is 0 Å². The van der Waals surface area contributed by atoms with Crippen molar-refractivity contribution >= 4 is 86.1 Å². The number of ketones is 1. The number of carbonyl (C=O) groups excluding carboxylic acids is 1. The lowest BCUT2D eigenvalue weighted by Crippen LogP contribution is -2.69. The van der Waals surface area contributed by atoms with E-state index in [-0.39, 0.29) is 19.2 Å². The molecular weight excluding hydrogens is 870 g/mol. The van der Waals surface area contributed by atoms with Gasteiger partial charge >= 0.3 is 0 Å². The Morgan fingerprint density at radius 1 is 0.250 bits per heavy atom. The Bertz CT molecular complexity index is 3950. The maximum absolute atomic E-state index is 15.7. The van der Waals surface area contributed by atoms with Crippen LogP contribution in [0.5, 0.6) is 0 Å². The molecule has 0 saturated carbocycles. The van der Waals surface area contributed by atoms with E-state index in [1.807, 2.05) is 12.1 Å². The van der Waals surface area contributed by atoms with Crippen LogP contribution in [0.3, 0.4) is 0 Å². The van der Waals surface area contributed by atoms with Crippen molar-refractivity contribution in [3.8, 4) is 55.6 Å². The molecule has 0 aliphatic carbocycles. The summed E-state index contributed by atoms with van der Waals surface area (Å²) in [4.78, 5) is 20.8. The number of benzene rings is 11. The van der Waals surface area contributed by atoms with E-state index in [1.54, 1.807) is 0 Å². The fourth-order valence-corrected chi connectivity index (χ4v) is 12.6. The lowest BCUT2D eigenvalue weighted by Gasteiger charge is -2.50. The average molecular weight is 913 g/mol. The molecule has 0 amide bonds. The number of para-hydroxylation sites is 1. The van der Waals surface area contributed by atoms with Gasteiger partial charge in [-0.2, -0.15) is 0 Å². The van der Waals surface area contributed by atoms with Gasteiger partial charge in [0, 0.05) is 50.7 Å². The van der Waals surface area contributed by atoms with Gasteiger partial charge in [-0.05, 0) is 96.1 Å². The van der Waals surface area contributed by atoms with Crippen molar-refractivity contribution < 1.29 is 4.79 Å². The van der Waals surface area contributed by atoms with Gasteiger partial charge in [0.25, 0.3) is 6.71 Å². The van der Waals surface area contributed by atoms with Crippen LogP contribution in [0.2, 0.25) is 0 Å². The highest BCUT2D eigenvalue weighted by molar-refractivity contribution is 7.04. The number of hydrogen-bond acceptors (Lipinski definition) is 3. The predicted octanol–water partition coefficient (Wildman–Crippen LogP) is 12.5. The molecule has 4 aliphatic rings. The molecule has 3 nitrogen and oxygen atoms in total. The summed E-state index contributed by atoms with van der Waals surface area (Å²) in [5.74, 6) is 0.0603. The third-order valence-corrected chi connectivity index (χ3v) is 15.6. The van der Waals surface area contributed by atoms with Crippen LogP contribution < -0.4 is 42.6 Å². The summed E-state index contributed by atoms with van der Waals surface area (Å²) in [5, 5.41) is 0. The molecule has 0 spiro atoms. The van der Waals surface area contributed by atoms with Crippen molar-refractivity contribution in [2.45, 2.75) is 0 Å². The van der Waals surface area contributed by atoms with Crippen LogP contribution in [0.1, 0.15) is 15.9 Å². The predicted molar refractivity (Wildman–Crippen MR) is 302 cm³/mol. The summed E-state index contributed by atoms with van der Waals surface area (Å²) in [6.45, 7) is -0.371. The molecule has 11 aromatic carbocycles. The van der Waals surface area contributed by atoms with E-state index in [4.69, 9.17) is 0 Å². The highest BCUT2D eigenvalue weighted by Gasteiger charge is 2.52. The van der Waals surface area contributed by atoms with Gasteiger partial charge in [0.15, 0.2) is 5.78 Å². The zero-order valence-electron chi connectivity index (χ0n) is 39.2. The van der Waals surface area contributed by atoms with E-state index in [0.29, 0.717) is 0 Å². The largest absolute Gasteiger partial charge is 0.312 e. The van der Waals surface area contributed by atoms with Crippen molar-refractivity contribution in [1.82, 2.24) is 0 Å². The lowest BCUT2D eigenvalue weighted by atomic mass is 9.28. The summed E-state index contributed by atoms with van der Waals surface area (Å²) < 4.78 is 0. The quantitative estimate of drug-likeness (QED) is 0.155. The number of hydrogen-bond donors (Lipinski definition) is 0. The third kappa shape index (κ3) is 5.98. The van der Waals surface area contributed by atoms with Crippen molar-refractivity contribution in [3.05, 3.63) is 266 Å². The monoisotopic (exact) mass is 912 g/mol. The van der Waals surface area contributed by atoms with Crippen LogP contribution in [0.4, 0.5) is 34.1 Å². The fraction of sp³-hybridized carbons (Fsp3) is 0. The molecule has 15 rings (SSSR count). The highest BCUT2D eigenvalue weighted by Crippen LogP contribution is 2.51. The van der Waals surface area contributed by atoms with Gasteiger partial charge in [-0.15, -0.1) is 0 Å². The van der Waals surface area contributed by atoms with Gasteiger partial charge in [0.2, 0.25) is 6.71 Å². The first-order chi connectivity index (χ1) is 35.7. The van der Waals surface area contributed by atoms with Crippen molar-refractivity contribution in [3.63, 3.8) is 0 Å². The molecule has 0 aromatic heterocycles. The Kier molecular flexibility index (Phi) is 9.00. The Morgan fingerprint density at radius 2 is 0.625 bits per heavy atom. The Balaban J connectivity index is 1.11. The molecule has 0 N–H and O–H groups in total. The van der Waals surface area contributed by atoms with Crippen molar-refractivity contribution in [1.29, 1.82) is 0 Å². The lowest BCUT2D eigenvalue weighted by molar-refractivity contribution is 0.104. The van der Waals surface area contributed by atoms with Crippen molar-refractivity contribution in [2.75, 3.05) is 9.80 Å². The smallest absolute Gasteiger partial charge is 0.252 e. The zero-order valence-corrected chi connectivity index (χ0v) is 39.2. The normalized spacial score (nSPS) is 13.2. The first-order valence-corrected chi connectivity index (χ1v) is 24.9. The van der Waals surface area contributed by atoms with Crippen LogP contribution in [-0.2, 0) is 0 Å². The number of carbonyl (C=O) groups is 1. The SMILES string of the molecule is O=C1c2ccccc2B2c3cc(-c4ccccc4)ccc3N3c4ccc(-c5ccccc5)cc4B4c5cc(-c6ccccc6)ccc5N(c5c(-c6ccccc6)cccc5-c5ccccc5)c5cc1c2c3c54. The maximum Gasteiger partial charge on any atom is 0.252 e. The molecule has 0 radical (unpaired) electrons. The summed E-state index contributed by atoms with van der Waals surface area (Å²) >= 11 is 0. The van der Waals surface area contributed by atoms with Crippen LogP contribution in [0, 0.1) is 0 Å². The second kappa shape index (κ2) is 15.9. The van der Waals surface area contributed by atoms with Crippen LogP contribution >= 0.6 is 0 Å². The molecule has 0 unspecified atom stereocenters. The number of nitrogens with zero attached hydrogens (tertiary/aromatic N) is 2. The maximum atomic E-state index is 15.7. The minimum absolute atomic E-state index is 0.0603. The molecule has 11 aromatic rings. The van der Waals surface area contributed by atoms with E-state index in [1.165, 1.54) is 38.5 Å². The molecule has 0 saturated heterocycles. The molecule has 0 atom stereocenters. The average Bonchev–Trinajstić information content (AvgIpc) is 3.47. The van der Waals surface area contributed by atoms with E-state index >= 15 is 4.79 Å². The summed E-state index contributed by atoms with van der Waals surface area (Å²) in [7, 11) is 0. The zero-order chi connectivity index (χ0) is 47.4. The van der Waals surface area contributed by atoms with Gasteiger partial charge in [-0.3, -0.25) is 4.79 Å². The minimum Gasteiger partial charge on any atom is -0.312 e. The van der Waals surface area contributed by atoms with E-state index in [0.717, 1.165) is 95.1 Å². The second-order valence-electron chi connectivity index (χ2n) is 19.4. The van der Waals surface area contributed by atoms with Crippen LogP contribution in [-0.4, -0.2) is 19.2 Å². The van der Waals surface area contributed by atoms with Crippen LogP contribution in [0.25, 0.3) is 55.6 Å². The van der Waals surface area contributed by atoms with Gasteiger partial charge in [-0.25, -0.2) is 0 Å². The van der Waals surface area contributed by atoms with Gasteiger partial charge in [-0.1, -0.05) is 236 Å². The number of anilines is 6. The molecule has 0 bridgehead atoms. The third-order valence-electron chi connectivity index (χ3n) is 15.6. The molecule has 4 aliphatic heterocycles. The molecular formula is C67H42B2N2O. The van der Waals surface area contributed by atoms with E-state index in [2.05, 4.69) is 252 Å². The topological polar surface area (TPSA) is 23.6 Å². The Morgan fingerprint density at radius 3 is 1.08 bits per heavy atom. The Hall–Kier alpha value is -9.18. The minimum atomic E-state index is -0.188. The fourth-order valence-electron chi connectivity index (χ4n) is 12.6. The number of rotatable bonds is 6. The van der Waals surface area contributed by atoms with Crippen LogP contribution in [0.15, 0.2) is 255 Å².